The third-order valence-electron chi connectivity index (χ3n) is 5.26. The number of fused-ring (bicyclic) bond motifs is 2. The number of amides is 2. The number of carbonyl (C=O) groups is 2. The summed E-state index contributed by atoms with van der Waals surface area (Å²) in [7, 11) is 0. The van der Waals surface area contributed by atoms with Gasteiger partial charge in [-0.2, -0.15) is 0 Å². The molecular weight excluding hydrogens is 376 g/mol. The molecule has 28 heavy (non-hydrogen) atoms. The number of nitrogens with one attached hydrogen (secondary N) is 2. The molecule has 2 N–H and O–H groups in total. The van der Waals surface area contributed by atoms with Gasteiger partial charge in [0.1, 0.15) is 0 Å². The first kappa shape index (κ1) is 17.4. The van der Waals surface area contributed by atoms with E-state index in [0.717, 1.165) is 42.0 Å². The zero-order valence-electron chi connectivity index (χ0n) is 15.2. The zero-order valence-corrected chi connectivity index (χ0v) is 16.0. The van der Waals surface area contributed by atoms with Crippen molar-refractivity contribution in [1.82, 2.24) is 0 Å². The van der Waals surface area contributed by atoms with E-state index in [1.807, 2.05) is 30.3 Å². The van der Waals surface area contributed by atoms with Gasteiger partial charge < -0.3 is 20.1 Å². The minimum atomic E-state index is -0.519. The number of anilines is 2. The van der Waals surface area contributed by atoms with Crippen LogP contribution < -0.4 is 20.1 Å². The monoisotopic (exact) mass is 396 g/mol. The van der Waals surface area contributed by atoms with E-state index in [1.54, 1.807) is 12.1 Å². The van der Waals surface area contributed by atoms with Crippen LogP contribution in [0.4, 0.5) is 11.4 Å². The van der Waals surface area contributed by atoms with E-state index < -0.39 is 11.0 Å². The van der Waals surface area contributed by atoms with Crippen molar-refractivity contribution in [2.75, 3.05) is 10.6 Å². The van der Waals surface area contributed by atoms with E-state index in [0.29, 0.717) is 11.4 Å². The number of carbonyl (C=O) groups excluding carboxylic acids is 2. The summed E-state index contributed by atoms with van der Waals surface area (Å²) < 4.78 is 12.0. The van der Waals surface area contributed by atoms with Crippen LogP contribution in [0.15, 0.2) is 47.4 Å². The Balaban J connectivity index is 1.24. The van der Waals surface area contributed by atoms with Crippen LogP contribution in [0.2, 0.25) is 0 Å². The molecule has 0 saturated heterocycles. The Morgan fingerprint density at radius 2 is 1.93 bits per heavy atom. The number of ether oxygens (including phenoxy) is 2. The van der Waals surface area contributed by atoms with Gasteiger partial charge in [0.2, 0.25) is 11.8 Å². The number of rotatable bonds is 3. The van der Waals surface area contributed by atoms with Gasteiger partial charge in [0.25, 0.3) is 5.79 Å². The summed E-state index contributed by atoms with van der Waals surface area (Å²) in [6, 6.07) is 13.0. The average Bonchev–Trinajstić information content (AvgIpc) is 3.28. The van der Waals surface area contributed by atoms with E-state index in [1.165, 1.54) is 11.8 Å². The second-order valence-corrected chi connectivity index (χ2v) is 8.57. The van der Waals surface area contributed by atoms with Crippen molar-refractivity contribution in [3.8, 4) is 11.5 Å². The van der Waals surface area contributed by atoms with Gasteiger partial charge in [-0.25, -0.2) is 0 Å². The first-order valence-electron chi connectivity index (χ1n) is 9.49. The summed E-state index contributed by atoms with van der Waals surface area (Å²) >= 11 is 1.42. The molecule has 1 atom stereocenters. The summed E-state index contributed by atoms with van der Waals surface area (Å²) in [6.07, 6.45) is 4.07. The summed E-state index contributed by atoms with van der Waals surface area (Å²) in [4.78, 5) is 25.8. The molecule has 0 unspecified atom stereocenters. The van der Waals surface area contributed by atoms with E-state index in [4.69, 9.17) is 9.47 Å². The Morgan fingerprint density at radius 1 is 1.14 bits per heavy atom. The summed E-state index contributed by atoms with van der Waals surface area (Å²) in [5, 5.41) is 5.29. The summed E-state index contributed by atoms with van der Waals surface area (Å²) in [6.45, 7) is 0. The Morgan fingerprint density at radius 3 is 2.79 bits per heavy atom. The maximum Gasteiger partial charge on any atom is 0.251 e. The van der Waals surface area contributed by atoms with Crippen molar-refractivity contribution in [2.24, 2.45) is 0 Å². The Labute approximate surface area is 167 Å². The van der Waals surface area contributed by atoms with Crippen LogP contribution in [0, 0.1) is 0 Å². The van der Waals surface area contributed by atoms with Gasteiger partial charge in [-0.1, -0.05) is 12.1 Å². The van der Waals surface area contributed by atoms with Crippen molar-refractivity contribution >= 4 is 35.0 Å². The number of hydrogen-bond donors (Lipinski definition) is 2. The van der Waals surface area contributed by atoms with Crippen LogP contribution in [0.1, 0.15) is 32.1 Å². The largest absolute Gasteiger partial charge is 0.448 e. The molecule has 1 fully saturated rings. The maximum absolute atomic E-state index is 12.5. The molecule has 2 aromatic rings. The fourth-order valence-corrected chi connectivity index (χ4v) is 5.01. The Kier molecular flexibility index (Phi) is 4.19. The molecule has 3 aliphatic rings. The molecule has 2 heterocycles. The molecule has 0 radical (unpaired) electrons. The van der Waals surface area contributed by atoms with Crippen LogP contribution in [0.5, 0.6) is 11.5 Å². The number of hydrogen-bond acceptors (Lipinski definition) is 5. The van der Waals surface area contributed by atoms with Gasteiger partial charge in [-0.3, -0.25) is 9.59 Å². The van der Waals surface area contributed by atoms with Gasteiger partial charge in [-0.15, -0.1) is 11.8 Å². The van der Waals surface area contributed by atoms with E-state index >= 15 is 0 Å². The van der Waals surface area contributed by atoms with Gasteiger partial charge in [0.15, 0.2) is 11.5 Å². The van der Waals surface area contributed by atoms with Crippen molar-refractivity contribution < 1.29 is 19.1 Å². The van der Waals surface area contributed by atoms with Gasteiger partial charge in [-0.05, 0) is 37.1 Å². The van der Waals surface area contributed by atoms with Crippen LogP contribution in [0.25, 0.3) is 0 Å². The lowest BCUT2D eigenvalue weighted by Gasteiger charge is -2.23. The van der Waals surface area contributed by atoms with Crippen molar-refractivity contribution in [2.45, 2.75) is 48.0 Å². The third-order valence-corrected chi connectivity index (χ3v) is 6.54. The molecule has 144 valence electrons. The number of para-hydroxylation sites is 1. The first-order valence-corrected chi connectivity index (χ1v) is 10.4. The Hall–Kier alpha value is -2.67. The van der Waals surface area contributed by atoms with Crippen LogP contribution in [-0.2, 0) is 9.59 Å². The van der Waals surface area contributed by atoms with E-state index in [-0.39, 0.29) is 18.2 Å². The normalized spacial score (nSPS) is 21.3. The zero-order chi connectivity index (χ0) is 19.1. The highest BCUT2D eigenvalue weighted by Gasteiger charge is 2.44. The minimum absolute atomic E-state index is 0.100. The van der Waals surface area contributed by atoms with Crippen molar-refractivity contribution in [3.63, 3.8) is 0 Å². The molecule has 2 amide bonds. The first-order chi connectivity index (χ1) is 13.6. The topological polar surface area (TPSA) is 76.7 Å². The number of benzene rings is 2. The molecule has 1 aliphatic carbocycles. The highest BCUT2D eigenvalue weighted by atomic mass is 32.2. The quantitative estimate of drug-likeness (QED) is 0.814. The average molecular weight is 396 g/mol. The highest BCUT2D eigenvalue weighted by Crippen LogP contribution is 2.47. The van der Waals surface area contributed by atoms with Crippen LogP contribution >= 0.6 is 11.8 Å². The molecule has 1 spiro atoms. The SMILES string of the molecule is O=C(C[C@@H]1Sc2ccccc2NC1=O)Nc1ccc2c(c1)OC1(CCCC1)O2. The van der Waals surface area contributed by atoms with E-state index in [2.05, 4.69) is 10.6 Å². The lowest BCUT2D eigenvalue weighted by atomic mass is 10.2. The van der Waals surface area contributed by atoms with Crippen molar-refractivity contribution in [3.05, 3.63) is 42.5 Å². The molecule has 6 nitrogen and oxygen atoms in total. The second kappa shape index (κ2) is 6.74. The molecule has 0 bridgehead atoms. The summed E-state index contributed by atoms with van der Waals surface area (Å²) in [5.41, 5.74) is 1.44. The molecule has 0 aromatic heterocycles. The standard InChI is InChI=1S/C21H20N2O4S/c24-19(12-18-20(25)23-14-5-1-2-6-17(14)28-18)22-13-7-8-15-16(11-13)27-21(26-15)9-3-4-10-21/h1-2,5-8,11,18H,3-4,9-10,12H2,(H,22,24)(H,23,25)/t18-/m0/s1. The van der Waals surface area contributed by atoms with Gasteiger partial charge in [0, 0.05) is 35.9 Å². The Bertz CT molecular complexity index is 955. The lowest BCUT2D eigenvalue weighted by Crippen LogP contribution is -2.34. The molecule has 5 rings (SSSR count). The lowest BCUT2D eigenvalue weighted by molar-refractivity contribution is -0.120. The van der Waals surface area contributed by atoms with Crippen LogP contribution in [-0.4, -0.2) is 22.9 Å². The fourth-order valence-electron chi connectivity index (χ4n) is 3.90. The summed E-state index contributed by atoms with van der Waals surface area (Å²) in [5.74, 6) is 0.515. The molecule has 2 aromatic carbocycles. The second-order valence-electron chi connectivity index (χ2n) is 7.33. The number of thioether (sulfide) groups is 1. The molecule has 2 aliphatic heterocycles. The molecule has 7 heteroatoms. The fraction of sp³-hybridized carbons (Fsp3) is 0.333. The minimum Gasteiger partial charge on any atom is -0.448 e. The maximum atomic E-state index is 12.5. The smallest absolute Gasteiger partial charge is 0.251 e. The molecule has 1 saturated carbocycles. The van der Waals surface area contributed by atoms with Gasteiger partial charge in [0.05, 0.1) is 10.9 Å². The van der Waals surface area contributed by atoms with Crippen molar-refractivity contribution in [1.29, 1.82) is 0 Å². The predicted octanol–water partition coefficient (Wildman–Crippen LogP) is 4.17. The van der Waals surface area contributed by atoms with E-state index in [9.17, 15) is 9.59 Å². The predicted molar refractivity (Wildman–Crippen MR) is 107 cm³/mol. The van der Waals surface area contributed by atoms with Gasteiger partial charge >= 0.3 is 0 Å². The third kappa shape index (κ3) is 3.20. The van der Waals surface area contributed by atoms with Crippen LogP contribution in [0.3, 0.4) is 0 Å². The highest BCUT2D eigenvalue weighted by molar-refractivity contribution is 8.01. The molecular formula is C21H20N2O4S.